The van der Waals surface area contributed by atoms with Crippen molar-refractivity contribution in [3.8, 4) is 28.7 Å². The van der Waals surface area contributed by atoms with Gasteiger partial charge in [-0.25, -0.2) is 9.37 Å². The van der Waals surface area contributed by atoms with Crippen molar-refractivity contribution in [1.29, 1.82) is 0 Å². The number of oxazole rings is 1. The van der Waals surface area contributed by atoms with E-state index in [-0.39, 0.29) is 16.5 Å². The molecule has 4 rings (SSSR count). The highest BCUT2D eigenvalue weighted by Crippen LogP contribution is 2.38. The predicted molar refractivity (Wildman–Crippen MR) is 129 cm³/mol. The van der Waals surface area contributed by atoms with E-state index in [1.165, 1.54) is 45.6 Å². The average molecular weight is 482 g/mol. The second kappa shape index (κ2) is 9.75. The number of methoxy groups -OCH3 is 3. The van der Waals surface area contributed by atoms with E-state index >= 15 is 0 Å². The molecule has 0 atom stereocenters. The van der Waals surface area contributed by atoms with Gasteiger partial charge >= 0.3 is 0 Å². The number of rotatable bonds is 6. The largest absolute Gasteiger partial charge is 0.493 e. The fourth-order valence-electron chi connectivity index (χ4n) is 3.27. The highest BCUT2D eigenvalue weighted by molar-refractivity contribution is 7.80. The van der Waals surface area contributed by atoms with Crippen LogP contribution in [0.25, 0.3) is 22.6 Å². The molecule has 0 radical (unpaired) electrons. The second-order valence-electron chi connectivity index (χ2n) is 7.03. The molecule has 34 heavy (non-hydrogen) atoms. The van der Waals surface area contributed by atoms with Gasteiger partial charge in [0, 0.05) is 16.8 Å². The lowest BCUT2D eigenvalue weighted by atomic mass is 10.1. The van der Waals surface area contributed by atoms with E-state index in [9.17, 15) is 9.18 Å². The van der Waals surface area contributed by atoms with Crippen LogP contribution >= 0.6 is 12.2 Å². The molecule has 2 N–H and O–H groups in total. The third-order valence-electron chi connectivity index (χ3n) is 4.89. The number of thiocarbonyl (C=S) groups is 1. The lowest BCUT2D eigenvalue weighted by Gasteiger charge is -2.14. The van der Waals surface area contributed by atoms with Gasteiger partial charge in [-0.15, -0.1) is 0 Å². The molecule has 1 amide bonds. The number of amides is 1. The summed E-state index contributed by atoms with van der Waals surface area (Å²) in [5.41, 5.74) is 2.65. The zero-order chi connectivity index (χ0) is 24.2. The number of aromatic nitrogens is 1. The quantitative estimate of drug-likeness (QED) is 0.380. The molecule has 8 nitrogen and oxygen atoms in total. The lowest BCUT2D eigenvalue weighted by molar-refractivity contribution is 0.0977. The SMILES string of the molecule is COc1cc(C(=O)NC(=S)Nc2ccc3oc(-c4ccc(F)cc4)nc3c2)cc(OC)c1OC. The van der Waals surface area contributed by atoms with Crippen LogP contribution in [0.5, 0.6) is 17.2 Å². The van der Waals surface area contributed by atoms with Gasteiger partial charge in [0.15, 0.2) is 22.2 Å². The van der Waals surface area contributed by atoms with Crippen LogP contribution in [0.15, 0.2) is 59.0 Å². The Balaban J connectivity index is 1.49. The number of halogens is 1. The van der Waals surface area contributed by atoms with Crippen LogP contribution in [0, 0.1) is 5.82 Å². The molecule has 174 valence electrons. The van der Waals surface area contributed by atoms with E-state index in [0.29, 0.717) is 45.5 Å². The van der Waals surface area contributed by atoms with Crippen LogP contribution in [0.4, 0.5) is 10.1 Å². The van der Waals surface area contributed by atoms with E-state index in [4.69, 9.17) is 30.8 Å². The minimum absolute atomic E-state index is 0.0837. The van der Waals surface area contributed by atoms with Crippen molar-refractivity contribution < 1.29 is 27.8 Å². The molecule has 10 heteroatoms. The number of nitrogens with one attached hydrogen (secondary N) is 2. The summed E-state index contributed by atoms with van der Waals surface area (Å²) in [5.74, 6) is 0.638. The molecular weight excluding hydrogens is 461 g/mol. The molecule has 0 bridgehead atoms. The first-order chi connectivity index (χ1) is 16.4. The molecule has 3 aromatic carbocycles. The normalized spacial score (nSPS) is 10.6. The fraction of sp³-hybridized carbons (Fsp3) is 0.125. The molecule has 0 aliphatic carbocycles. The van der Waals surface area contributed by atoms with Crippen molar-refractivity contribution >= 4 is 40.0 Å². The molecule has 1 heterocycles. The van der Waals surface area contributed by atoms with E-state index in [1.807, 2.05) is 0 Å². The first kappa shape index (κ1) is 23.0. The van der Waals surface area contributed by atoms with Crippen molar-refractivity contribution in [1.82, 2.24) is 10.3 Å². The lowest BCUT2D eigenvalue weighted by Crippen LogP contribution is -2.34. The summed E-state index contributed by atoms with van der Waals surface area (Å²) < 4.78 is 34.8. The number of anilines is 1. The van der Waals surface area contributed by atoms with Gasteiger partial charge in [-0.2, -0.15) is 0 Å². The number of nitrogens with zero attached hydrogens (tertiary/aromatic N) is 1. The Morgan fingerprint density at radius 2 is 1.65 bits per heavy atom. The van der Waals surface area contributed by atoms with Crippen molar-refractivity contribution in [2.24, 2.45) is 0 Å². The third-order valence-corrected chi connectivity index (χ3v) is 5.09. The standard InChI is InChI=1S/C24H20FN3O5S/c1-30-19-10-14(11-20(31-2)21(19)32-3)22(29)28-24(34)26-16-8-9-18-17(12-16)27-23(33-18)13-4-6-15(25)7-5-13/h4-12H,1-3H3,(H2,26,28,29,34). The van der Waals surface area contributed by atoms with Crippen molar-refractivity contribution in [3.05, 3.63) is 66.0 Å². The number of benzene rings is 3. The zero-order valence-corrected chi connectivity index (χ0v) is 19.3. The molecular formula is C24H20FN3O5S. The van der Waals surface area contributed by atoms with Crippen LogP contribution in [0.2, 0.25) is 0 Å². The van der Waals surface area contributed by atoms with Gasteiger partial charge in [-0.1, -0.05) is 0 Å². The first-order valence-electron chi connectivity index (χ1n) is 10.0. The fourth-order valence-corrected chi connectivity index (χ4v) is 3.48. The van der Waals surface area contributed by atoms with E-state index in [1.54, 1.807) is 30.3 Å². The maximum atomic E-state index is 13.2. The number of hydrogen-bond donors (Lipinski definition) is 2. The Labute approximate surface area is 199 Å². The molecule has 0 unspecified atom stereocenters. The smallest absolute Gasteiger partial charge is 0.257 e. The molecule has 0 saturated carbocycles. The highest BCUT2D eigenvalue weighted by Gasteiger charge is 2.18. The van der Waals surface area contributed by atoms with E-state index in [0.717, 1.165) is 0 Å². The Hall–Kier alpha value is -4.18. The number of carbonyl (C=O) groups is 1. The summed E-state index contributed by atoms with van der Waals surface area (Å²) in [5, 5.41) is 5.65. The summed E-state index contributed by atoms with van der Waals surface area (Å²) in [7, 11) is 4.41. The molecule has 0 aliphatic heterocycles. The van der Waals surface area contributed by atoms with Crippen LogP contribution in [-0.4, -0.2) is 37.3 Å². The summed E-state index contributed by atoms with van der Waals surface area (Å²) in [4.78, 5) is 17.2. The highest BCUT2D eigenvalue weighted by atomic mass is 32.1. The van der Waals surface area contributed by atoms with E-state index < -0.39 is 5.91 Å². The summed E-state index contributed by atoms with van der Waals surface area (Å²) in [6.07, 6.45) is 0. The van der Waals surface area contributed by atoms with Gasteiger partial charge < -0.3 is 23.9 Å². The molecule has 0 fully saturated rings. The maximum absolute atomic E-state index is 13.2. The van der Waals surface area contributed by atoms with Crippen LogP contribution in [0.3, 0.4) is 0 Å². The molecule has 4 aromatic rings. The van der Waals surface area contributed by atoms with E-state index in [2.05, 4.69) is 15.6 Å². The van der Waals surface area contributed by atoms with Gasteiger partial charge in [-0.05, 0) is 66.8 Å². The summed E-state index contributed by atoms with van der Waals surface area (Å²) in [6, 6.07) is 14.1. The Morgan fingerprint density at radius 1 is 0.971 bits per heavy atom. The third kappa shape index (κ3) is 4.76. The number of hydrogen-bond acceptors (Lipinski definition) is 7. The van der Waals surface area contributed by atoms with Crippen molar-refractivity contribution in [2.75, 3.05) is 26.6 Å². The Kier molecular flexibility index (Phi) is 6.60. The van der Waals surface area contributed by atoms with Gasteiger partial charge in [0.1, 0.15) is 11.3 Å². The molecule has 0 saturated heterocycles. The van der Waals surface area contributed by atoms with Crippen molar-refractivity contribution in [3.63, 3.8) is 0 Å². The number of fused-ring (bicyclic) bond motifs is 1. The van der Waals surface area contributed by atoms with Gasteiger partial charge in [0.25, 0.3) is 5.91 Å². The van der Waals surface area contributed by atoms with Crippen LogP contribution < -0.4 is 24.8 Å². The van der Waals surface area contributed by atoms with Crippen LogP contribution in [-0.2, 0) is 0 Å². The van der Waals surface area contributed by atoms with Crippen molar-refractivity contribution in [2.45, 2.75) is 0 Å². The monoisotopic (exact) mass is 481 g/mol. The number of ether oxygens (including phenoxy) is 3. The van der Waals surface area contributed by atoms with Gasteiger partial charge in [0.05, 0.1) is 21.3 Å². The Morgan fingerprint density at radius 3 is 2.26 bits per heavy atom. The maximum Gasteiger partial charge on any atom is 0.257 e. The minimum Gasteiger partial charge on any atom is -0.493 e. The summed E-state index contributed by atoms with van der Waals surface area (Å²) in [6.45, 7) is 0. The van der Waals surface area contributed by atoms with Crippen LogP contribution in [0.1, 0.15) is 10.4 Å². The summed E-state index contributed by atoms with van der Waals surface area (Å²) >= 11 is 5.29. The molecule has 1 aromatic heterocycles. The Bertz CT molecular complexity index is 1350. The predicted octanol–water partition coefficient (Wildman–Crippen LogP) is 4.79. The molecule has 0 aliphatic rings. The average Bonchev–Trinajstić information content (AvgIpc) is 3.26. The number of carbonyl (C=O) groups excluding carboxylic acids is 1. The van der Waals surface area contributed by atoms with Gasteiger partial charge in [0.2, 0.25) is 11.6 Å². The topological polar surface area (TPSA) is 94.9 Å². The second-order valence-corrected chi connectivity index (χ2v) is 7.44. The molecule has 0 spiro atoms. The first-order valence-corrected chi connectivity index (χ1v) is 10.4. The zero-order valence-electron chi connectivity index (χ0n) is 18.5. The minimum atomic E-state index is -0.460. The van der Waals surface area contributed by atoms with Gasteiger partial charge in [-0.3, -0.25) is 10.1 Å².